The molecule has 5 heteroatoms. The number of rotatable bonds is 4. The standard InChI is InChI=1S/C16H18N4S/c1-11(16-17-8-9-20(16)3)18-14-6-4-13(5-7-14)15-10-21-12(2)19-15/h4-11,18H,1-3H3. The Morgan fingerprint density at radius 3 is 2.57 bits per heavy atom. The lowest BCUT2D eigenvalue weighted by Gasteiger charge is -2.15. The van der Waals surface area contributed by atoms with Crippen molar-refractivity contribution in [2.45, 2.75) is 19.9 Å². The van der Waals surface area contributed by atoms with Crippen LogP contribution in [0.5, 0.6) is 0 Å². The fourth-order valence-electron chi connectivity index (χ4n) is 2.34. The molecule has 0 bridgehead atoms. The topological polar surface area (TPSA) is 42.7 Å². The van der Waals surface area contributed by atoms with Crippen LogP contribution in [0.15, 0.2) is 42.0 Å². The predicted octanol–water partition coefficient (Wildman–Crippen LogP) is 4.03. The van der Waals surface area contributed by atoms with Crippen molar-refractivity contribution in [2.24, 2.45) is 7.05 Å². The highest BCUT2D eigenvalue weighted by Crippen LogP contribution is 2.24. The van der Waals surface area contributed by atoms with Gasteiger partial charge < -0.3 is 9.88 Å². The quantitative estimate of drug-likeness (QED) is 0.791. The number of nitrogens with one attached hydrogen (secondary N) is 1. The molecule has 0 saturated carbocycles. The molecule has 1 aromatic carbocycles. The van der Waals surface area contributed by atoms with E-state index < -0.39 is 0 Å². The summed E-state index contributed by atoms with van der Waals surface area (Å²) in [6.45, 7) is 4.14. The van der Waals surface area contributed by atoms with E-state index in [9.17, 15) is 0 Å². The third-order valence-corrected chi connectivity index (χ3v) is 4.20. The molecule has 0 spiro atoms. The third-order valence-electron chi connectivity index (χ3n) is 3.43. The van der Waals surface area contributed by atoms with Gasteiger partial charge in [-0.15, -0.1) is 11.3 Å². The molecule has 1 N–H and O–H groups in total. The van der Waals surface area contributed by atoms with Crippen LogP contribution < -0.4 is 5.32 Å². The van der Waals surface area contributed by atoms with E-state index in [1.165, 1.54) is 0 Å². The number of aromatic nitrogens is 3. The van der Waals surface area contributed by atoms with Crippen LogP contribution in [0.1, 0.15) is 23.8 Å². The molecule has 0 aliphatic heterocycles. The molecule has 0 radical (unpaired) electrons. The largest absolute Gasteiger partial charge is 0.375 e. The van der Waals surface area contributed by atoms with E-state index in [1.54, 1.807) is 11.3 Å². The number of hydrogen-bond acceptors (Lipinski definition) is 4. The smallest absolute Gasteiger partial charge is 0.130 e. The highest BCUT2D eigenvalue weighted by atomic mass is 32.1. The molecule has 0 fully saturated rings. The minimum Gasteiger partial charge on any atom is -0.375 e. The Hall–Kier alpha value is -2.14. The Morgan fingerprint density at radius 1 is 1.24 bits per heavy atom. The minimum atomic E-state index is 0.164. The molecule has 2 heterocycles. The van der Waals surface area contributed by atoms with E-state index in [1.807, 2.05) is 30.9 Å². The van der Waals surface area contributed by atoms with Crippen LogP contribution in [0, 0.1) is 6.92 Å². The van der Waals surface area contributed by atoms with E-state index in [0.29, 0.717) is 0 Å². The molecule has 3 rings (SSSR count). The Bertz CT molecular complexity index is 727. The number of anilines is 1. The van der Waals surface area contributed by atoms with Gasteiger partial charge in [0.25, 0.3) is 0 Å². The van der Waals surface area contributed by atoms with Crippen molar-refractivity contribution >= 4 is 17.0 Å². The normalized spacial score (nSPS) is 12.3. The maximum absolute atomic E-state index is 4.51. The van der Waals surface area contributed by atoms with Crippen LogP contribution in [0.3, 0.4) is 0 Å². The Morgan fingerprint density at radius 2 is 2.00 bits per heavy atom. The Balaban J connectivity index is 1.74. The van der Waals surface area contributed by atoms with Crippen molar-refractivity contribution in [2.75, 3.05) is 5.32 Å². The molecule has 1 atom stereocenters. The second-order valence-electron chi connectivity index (χ2n) is 5.09. The number of thiazole rings is 1. The van der Waals surface area contributed by atoms with Gasteiger partial charge >= 0.3 is 0 Å². The highest BCUT2D eigenvalue weighted by Gasteiger charge is 2.10. The molecule has 21 heavy (non-hydrogen) atoms. The summed E-state index contributed by atoms with van der Waals surface area (Å²) in [7, 11) is 2.01. The number of aryl methyl sites for hydroxylation is 2. The third kappa shape index (κ3) is 2.97. The van der Waals surface area contributed by atoms with Crippen molar-refractivity contribution in [3.05, 3.63) is 52.9 Å². The van der Waals surface area contributed by atoms with Crippen LogP contribution in [-0.4, -0.2) is 14.5 Å². The van der Waals surface area contributed by atoms with Crippen LogP contribution >= 0.6 is 11.3 Å². The fraction of sp³-hybridized carbons (Fsp3) is 0.250. The summed E-state index contributed by atoms with van der Waals surface area (Å²) in [5, 5.41) is 6.65. The van der Waals surface area contributed by atoms with Gasteiger partial charge in [0.1, 0.15) is 5.82 Å². The van der Waals surface area contributed by atoms with Gasteiger partial charge in [0.2, 0.25) is 0 Å². The average molecular weight is 298 g/mol. The highest BCUT2D eigenvalue weighted by molar-refractivity contribution is 7.09. The van der Waals surface area contributed by atoms with Crippen molar-refractivity contribution in [1.82, 2.24) is 14.5 Å². The average Bonchev–Trinajstić information content (AvgIpc) is 3.08. The zero-order valence-corrected chi connectivity index (χ0v) is 13.2. The predicted molar refractivity (Wildman–Crippen MR) is 87.5 cm³/mol. The lowest BCUT2D eigenvalue weighted by atomic mass is 10.1. The molecule has 0 aliphatic rings. The molecular weight excluding hydrogens is 280 g/mol. The Labute approximate surface area is 128 Å². The molecule has 3 aromatic rings. The van der Waals surface area contributed by atoms with Gasteiger partial charge in [-0.2, -0.15) is 0 Å². The first-order valence-electron chi connectivity index (χ1n) is 6.90. The second-order valence-corrected chi connectivity index (χ2v) is 6.15. The monoisotopic (exact) mass is 298 g/mol. The van der Waals surface area contributed by atoms with Crippen molar-refractivity contribution < 1.29 is 0 Å². The summed E-state index contributed by atoms with van der Waals surface area (Å²) >= 11 is 1.68. The van der Waals surface area contributed by atoms with E-state index in [2.05, 4.69) is 51.9 Å². The minimum absolute atomic E-state index is 0.164. The van der Waals surface area contributed by atoms with Crippen LogP contribution in [-0.2, 0) is 7.05 Å². The van der Waals surface area contributed by atoms with E-state index in [0.717, 1.165) is 27.8 Å². The number of hydrogen-bond donors (Lipinski definition) is 1. The van der Waals surface area contributed by atoms with Crippen molar-refractivity contribution in [3.63, 3.8) is 0 Å². The fourth-order valence-corrected chi connectivity index (χ4v) is 2.96. The number of nitrogens with zero attached hydrogens (tertiary/aromatic N) is 3. The van der Waals surface area contributed by atoms with Gasteiger partial charge in [-0.05, 0) is 26.0 Å². The molecular formula is C16H18N4S. The lowest BCUT2D eigenvalue weighted by Crippen LogP contribution is -2.11. The van der Waals surface area contributed by atoms with E-state index >= 15 is 0 Å². The first-order valence-corrected chi connectivity index (χ1v) is 7.78. The maximum atomic E-state index is 4.51. The van der Waals surface area contributed by atoms with Gasteiger partial charge in [0, 0.05) is 36.1 Å². The van der Waals surface area contributed by atoms with Crippen LogP contribution in [0.4, 0.5) is 5.69 Å². The molecule has 4 nitrogen and oxygen atoms in total. The maximum Gasteiger partial charge on any atom is 0.130 e. The SMILES string of the molecule is Cc1nc(-c2ccc(NC(C)c3nccn3C)cc2)cs1. The number of benzene rings is 1. The molecule has 0 aliphatic carbocycles. The summed E-state index contributed by atoms with van der Waals surface area (Å²) in [5.41, 5.74) is 3.27. The first kappa shape index (κ1) is 13.8. The van der Waals surface area contributed by atoms with Gasteiger partial charge in [-0.25, -0.2) is 9.97 Å². The van der Waals surface area contributed by atoms with E-state index in [4.69, 9.17) is 0 Å². The molecule has 2 aromatic heterocycles. The zero-order chi connectivity index (χ0) is 14.8. The van der Waals surface area contributed by atoms with E-state index in [-0.39, 0.29) is 6.04 Å². The molecule has 0 amide bonds. The summed E-state index contributed by atoms with van der Waals surface area (Å²) in [4.78, 5) is 8.88. The first-order chi connectivity index (χ1) is 10.1. The summed E-state index contributed by atoms with van der Waals surface area (Å²) < 4.78 is 2.03. The summed E-state index contributed by atoms with van der Waals surface area (Å²) in [5.74, 6) is 1.02. The summed E-state index contributed by atoms with van der Waals surface area (Å²) in [6, 6.07) is 8.54. The lowest BCUT2D eigenvalue weighted by molar-refractivity contribution is 0.722. The van der Waals surface area contributed by atoms with Crippen LogP contribution in [0.25, 0.3) is 11.3 Å². The van der Waals surface area contributed by atoms with Gasteiger partial charge in [-0.1, -0.05) is 12.1 Å². The van der Waals surface area contributed by atoms with Gasteiger partial charge in [0.15, 0.2) is 0 Å². The Kier molecular flexibility index (Phi) is 3.75. The van der Waals surface area contributed by atoms with Crippen molar-refractivity contribution in [1.29, 1.82) is 0 Å². The van der Waals surface area contributed by atoms with Crippen molar-refractivity contribution in [3.8, 4) is 11.3 Å². The van der Waals surface area contributed by atoms with Crippen LogP contribution in [0.2, 0.25) is 0 Å². The second kappa shape index (κ2) is 5.69. The molecule has 0 saturated heterocycles. The van der Waals surface area contributed by atoms with Gasteiger partial charge in [-0.3, -0.25) is 0 Å². The molecule has 1 unspecified atom stereocenters. The van der Waals surface area contributed by atoms with Gasteiger partial charge in [0.05, 0.1) is 16.7 Å². The summed E-state index contributed by atoms with van der Waals surface area (Å²) in [6.07, 6.45) is 3.78. The molecule has 108 valence electrons. The zero-order valence-electron chi connectivity index (χ0n) is 12.4. The number of imidazole rings is 1.